The third-order valence-corrected chi connectivity index (χ3v) is 5.84. The molecule has 7 heteroatoms. The number of nitrogens with one attached hydrogen (secondary N) is 1. The molecule has 1 heterocycles. The maximum absolute atomic E-state index is 12.5. The van der Waals surface area contributed by atoms with Crippen molar-refractivity contribution < 1.29 is 14.3 Å². The molecule has 0 saturated carbocycles. The highest BCUT2D eigenvalue weighted by atomic mass is 32.2. The molecule has 29 heavy (non-hydrogen) atoms. The SMILES string of the molecule is COC(=O)c1cccc(NC2CCN(C(=O)CSc3ccc(C#N)cc3)CC2)c1. The summed E-state index contributed by atoms with van der Waals surface area (Å²) in [5.41, 5.74) is 2.02. The van der Waals surface area contributed by atoms with Gasteiger partial charge in [-0.25, -0.2) is 4.79 Å². The number of carbonyl (C=O) groups excluding carboxylic acids is 2. The molecular weight excluding hydrogens is 386 g/mol. The molecule has 6 nitrogen and oxygen atoms in total. The van der Waals surface area contributed by atoms with Crippen molar-refractivity contribution >= 4 is 29.3 Å². The molecule has 1 aliphatic heterocycles. The van der Waals surface area contributed by atoms with Crippen molar-refractivity contribution in [2.45, 2.75) is 23.8 Å². The molecule has 150 valence electrons. The zero-order chi connectivity index (χ0) is 20.6. The van der Waals surface area contributed by atoms with Gasteiger partial charge < -0.3 is 15.0 Å². The molecule has 0 bridgehead atoms. The van der Waals surface area contributed by atoms with Gasteiger partial charge in [-0.15, -0.1) is 11.8 Å². The maximum Gasteiger partial charge on any atom is 0.337 e. The van der Waals surface area contributed by atoms with E-state index in [0.29, 0.717) is 30.0 Å². The topological polar surface area (TPSA) is 82.4 Å². The summed E-state index contributed by atoms with van der Waals surface area (Å²) in [5, 5.41) is 12.3. The van der Waals surface area contributed by atoms with E-state index in [1.54, 1.807) is 24.3 Å². The standard InChI is InChI=1S/C22H23N3O3S/c1-28-22(27)17-3-2-4-19(13-17)24-18-9-11-25(12-10-18)21(26)15-29-20-7-5-16(14-23)6-8-20/h2-8,13,18,24H,9-12,15H2,1H3. The Bertz CT molecular complexity index is 900. The fourth-order valence-electron chi connectivity index (χ4n) is 3.22. The summed E-state index contributed by atoms with van der Waals surface area (Å²) in [4.78, 5) is 27.0. The predicted octanol–water partition coefficient (Wildman–Crippen LogP) is 3.54. The second-order valence-electron chi connectivity index (χ2n) is 6.80. The monoisotopic (exact) mass is 409 g/mol. The van der Waals surface area contributed by atoms with Crippen LogP contribution in [0.5, 0.6) is 0 Å². The number of benzene rings is 2. The number of ether oxygens (including phenoxy) is 1. The number of amides is 1. The summed E-state index contributed by atoms with van der Waals surface area (Å²) in [7, 11) is 1.37. The summed E-state index contributed by atoms with van der Waals surface area (Å²) in [6.07, 6.45) is 1.71. The number of nitrogens with zero attached hydrogens (tertiary/aromatic N) is 2. The fraction of sp³-hybridized carbons (Fsp3) is 0.318. The van der Waals surface area contributed by atoms with Crippen LogP contribution in [0.4, 0.5) is 5.69 Å². The van der Waals surface area contributed by atoms with Crippen molar-refractivity contribution in [2.75, 3.05) is 31.3 Å². The van der Waals surface area contributed by atoms with Gasteiger partial charge in [-0.1, -0.05) is 6.07 Å². The average molecular weight is 410 g/mol. The number of thioether (sulfide) groups is 1. The molecule has 0 spiro atoms. The Morgan fingerprint density at radius 1 is 1.21 bits per heavy atom. The lowest BCUT2D eigenvalue weighted by Crippen LogP contribution is -2.43. The van der Waals surface area contributed by atoms with Crippen molar-refractivity contribution in [3.8, 4) is 6.07 Å². The Kier molecular flexibility index (Phi) is 7.14. The van der Waals surface area contributed by atoms with Crippen molar-refractivity contribution in [1.82, 2.24) is 4.90 Å². The first-order chi connectivity index (χ1) is 14.1. The van der Waals surface area contributed by atoms with Crippen LogP contribution < -0.4 is 5.32 Å². The highest BCUT2D eigenvalue weighted by molar-refractivity contribution is 8.00. The molecule has 0 aromatic heterocycles. The average Bonchev–Trinajstić information content (AvgIpc) is 2.78. The van der Waals surface area contributed by atoms with Gasteiger partial charge in [0.15, 0.2) is 0 Å². The van der Waals surface area contributed by atoms with Crippen molar-refractivity contribution in [2.24, 2.45) is 0 Å². The van der Waals surface area contributed by atoms with Crippen LogP contribution >= 0.6 is 11.8 Å². The molecule has 2 aromatic rings. The van der Waals surface area contributed by atoms with Gasteiger partial charge in [0, 0.05) is 29.7 Å². The molecule has 1 aliphatic rings. The van der Waals surface area contributed by atoms with E-state index in [4.69, 9.17) is 10.00 Å². The fourth-order valence-corrected chi connectivity index (χ4v) is 4.03. The molecule has 1 amide bonds. The number of piperidine rings is 1. The largest absolute Gasteiger partial charge is 0.465 e. The number of anilines is 1. The van der Waals surface area contributed by atoms with Crippen LogP contribution in [0.15, 0.2) is 53.4 Å². The van der Waals surface area contributed by atoms with Gasteiger partial charge in [0.2, 0.25) is 5.91 Å². The Morgan fingerprint density at radius 3 is 2.59 bits per heavy atom. The number of likely N-dealkylation sites (tertiary alicyclic amines) is 1. The smallest absolute Gasteiger partial charge is 0.337 e. The van der Waals surface area contributed by atoms with Crippen molar-refractivity contribution in [1.29, 1.82) is 5.26 Å². The minimum atomic E-state index is -0.353. The number of esters is 1. The predicted molar refractivity (Wildman–Crippen MR) is 113 cm³/mol. The Labute approximate surface area is 174 Å². The van der Waals surface area contributed by atoms with Crippen molar-refractivity contribution in [3.63, 3.8) is 0 Å². The Hall–Kier alpha value is -2.98. The minimum Gasteiger partial charge on any atom is -0.465 e. The van der Waals surface area contributed by atoms with Crippen LogP contribution in [0.1, 0.15) is 28.8 Å². The molecule has 2 aromatic carbocycles. The highest BCUT2D eigenvalue weighted by Crippen LogP contribution is 2.21. The third kappa shape index (κ3) is 5.75. The quantitative estimate of drug-likeness (QED) is 0.580. The number of methoxy groups -OCH3 is 1. The number of rotatable bonds is 6. The third-order valence-electron chi connectivity index (χ3n) is 4.85. The number of carbonyl (C=O) groups is 2. The van der Waals surface area contributed by atoms with Crippen LogP contribution in [0.2, 0.25) is 0 Å². The molecule has 1 N–H and O–H groups in total. The summed E-state index contributed by atoms with van der Waals surface area (Å²) in [6.45, 7) is 1.42. The van der Waals surface area contributed by atoms with E-state index >= 15 is 0 Å². The van der Waals surface area contributed by atoms with Gasteiger partial charge in [-0.2, -0.15) is 5.26 Å². The Morgan fingerprint density at radius 2 is 1.93 bits per heavy atom. The van der Waals surface area contributed by atoms with E-state index in [1.165, 1.54) is 18.9 Å². The molecule has 0 unspecified atom stereocenters. The maximum atomic E-state index is 12.5. The zero-order valence-electron chi connectivity index (χ0n) is 16.3. The number of nitriles is 1. The van der Waals surface area contributed by atoms with Crippen LogP contribution in [0.25, 0.3) is 0 Å². The van der Waals surface area contributed by atoms with Crippen LogP contribution in [0, 0.1) is 11.3 Å². The lowest BCUT2D eigenvalue weighted by Gasteiger charge is -2.33. The van der Waals surface area contributed by atoms with Gasteiger partial charge >= 0.3 is 5.97 Å². The van der Waals surface area contributed by atoms with E-state index in [9.17, 15) is 9.59 Å². The molecule has 0 radical (unpaired) electrons. The first-order valence-corrected chi connectivity index (χ1v) is 10.4. The van der Waals surface area contributed by atoms with Crippen LogP contribution in [0.3, 0.4) is 0 Å². The molecule has 1 saturated heterocycles. The van der Waals surface area contributed by atoms with Gasteiger partial charge in [-0.05, 0) is 55.3 Å². The van der Waals surface area contributed by atoms with Gasteiger partial charge in [0.1, 0.15) is 0 Å². The van der Waals surface area contributed by atoms with E-state index in [1.807, 2.05) is 29.2 Å². The van der Waals surface area contributed by atoms with Crippen molar-refractivity contribution in [3.05, 3.63) is 59.7 Å². The lowest BCUT2D eigenvalue weighted by molar-refractivity contribution is -0.129. The minimum absolute atomic E-state index is 0.130. The van der Waals surface area contributed by atoms with Crippen LogP contribution in [-0.2, 0) is 9.53 Å². The lowest BCUT2D eigenvalue weighted by atomic mass is 10.0. The van der Waals surface area contributed by atoms with E-state index < -0.39 is 0 Å². The van der Waals surface area contributed by atoms with E-state index in [2.05, 4.69) is 11.4 Å². The first kappa shape index (κ1) is 20.7. The second-order valence-corrected chi connectivity index (χ2v) is 7.85. The second kappa shape index (κ2) is 9.99. The molecule has 3 rings (SSSR count). The molecular formula is C22H23N3O3S. The molecule has 1 fully saturated rings. The summed E-state index contributed by atoms with van der Waals surface area (Å²) in [5.74, 6) is 0.171. The van der Waals surface area contributed by atoms with Gasteiger partial charge in [-0.3, -0.25) is 4.79 Å². The zero-order valence-corrected chi connectivity index (χ0v) is 17.1. The summed E-state index contributed by atoms with van der Waals surface area (Å²) < 4.78 is 4.76. The van der Waals surface area contributed by atoms with Gasteiger partial charge in [0.25, 0.3) is 0 Å². The van der Waals surface area contributed by atoms with Crippen LogP contribution in [-0.4, -0.2) is 48.8 Å². The number of hydrogen-bond donors (Lipinski definition) is 1. The Balaban J connectivity index is 1.45. The van der Waals surface area contributed by atoms with E-state index in [-0.39, 0.29) is 17.9 Å². The summed E-state index contributed by atoms with van der Waals surface area (Å²) >= 11 is 1.49. The summed E-state index contributed by atoms with van der Waals surface area (Å²) in [6, 6.07) is 16.9. The normalized spacial score (nSPS) is 14.1. The first-order valence-electron chi connectivity index (χ1n) is 9.44. The van der Waals surface area contributed by atoms with Gasteiger partial charge in [0.05, 0.1) is 30.1 Å². The van der Waals surface area contributed by atoms with E-state index in [0.717, 1.165) is 23.4 Å². The number of hydrogen-bond acceptors (Lipinski definition) is 6. The molecule has 0 atom stereocenters. The molecule has 0 aliphatic carbocycles. The highest BCUT2D eigenvalue weighted by Gasteiger charge is 2.23.